The first-order valence-electron chi connectivity index (χ1n) is 6.76. The molecule has 0 bridgehead atoms. The van der Waals surface area contributed by atoms with Gasteiger partial charge in [0, 0.05) is 32.2 Å². The maximum atomic E-state index is 3.45. The normalized spacial score (nSPS) is 21.3. The van der Waals surface area contributed by atoms with Crippen LogP contribution in [0.4, 0.5) is 0 Å². The summed E-state index contributed by atoms with van der Waals surface area (Å²) in [5.41, 5.74) is 1.45. The minimum atomic E-state index is 0.623. The second kappa shape index (κ2) is 5.09. The summed E-state index contributed by atoms with van der Waals surface area (Å²) < 4.78 is 0. The molecule has 0 aliphatic carbocycles. The van der Waals surface area contributed by atoms with Crippen molar-refractivity contribution in [3.63, 3.8) is 0 Å². The summed E-state index contributed by atoms with van der Waals surface area (Å²) in [4.78, 5) is 2.57. The maximum absolute atomic E-state index is 3.45. The average Bonchev–Trinajstić information content (AvgIpc) is 2.42. The summed E-state index contributed by atoms with van der Waals surface area (Å²) >= 11 is 0. The molecule has 2 aromatic rings. The van der Waals surface area contributed by atoms with Crippen molar-refractivity contribution in [2.24, 2.45) is 0 Å². The van der Waals surface area contributed by atoms with Gasteiger partial charge >= 0.3 is 0 Å². The van der Waals surface area contributed by atoms with E-state index in [4.69, 9.17) is 0 Å². The first-order valence-corrected chi connectivity index (χ1v) is 6.76. The topological polar surface area (TPSA) is 15.3 Å². The summed E-state index contributed by atoms with van der Waals surface area (Å²) in [5, 5.41) is 6.19. The summed E-state index contributed by atoms with van der Waals surface area (Å²) in [7, 11) is 0. The van der Waals surface area contributed by atoms with Crippen molar-refractivity contribution in [1.82, 2.24) is 10.2 Å². The van der Waals surface area contributed by atoms with Crippen LogP contribution in [0.25, 0.3) is 10.8 Å². The molecule has 2 heteroatoms. The number of fused-ring (bicyclic) bond motifs is 1. The highest BCUT2D eigenvalue weighted by molar-refractivity contribution is 5.85. The smallest absolute Gasteiger partial charge is 0.0243 e. The minimum Gasteiger partial charge on any atom is -0.314 e. The molecule has 1 fully saturated rings. The summed E-state index contributed by atoms with van der Waals surface area (Å²) in [5.74, 6) is 0. The van der Waals surface area contributed by atoms with Crippen molar-refractivity contribution in [1.29, 1.82) is 0 Å². The third-order valence-electron chi connectivity index (χ3n) is 3.89. The molecule has 3 rings (SSSR count). The lowest BCUT2D eigenvalue weighted by Gasteiger charge is -2.34. The fraction of sp³-hybridized carbons (Fsp3) is 0.375. The van der Waals surface area contributed by atoms with E-state index in [0.717, 1.165) is 26.2 Å². The Bertz CT molecular complexity index is 530. The lowest BCUT2D eigenvalue weighted by Crippen LogP contribution is -2.49. The van der Waals surface area contributed by atoms with Gasteiger partial charge in [0.25, 0.3) is 0 Å². The third-order valence-corrected chi connectivity index (χ3v) is 3.89. The van der Waals surface area contributed by atoms with Crippen LogP contribution in [0.1, 0.15) is 12.5 Å². The van der Waals surface area contributed by atoms with Gasteiger partial charge in [-0.3, -0.25) is 4.90 Å². The second-order valence-corrected chi connectivity index (χ2v) is 5.16. The van der Waals surface area contributed by atoms with Crippen molar-refractivity contribution in [2.75, 3.05) is 19.6 Å². The zero-order valence-electron chi connectivity index (χ0n) is 10.9. The lowest BCUT2D eigenvalue weighted by atomic mass is 10.0. The molecule has 0 spiro atoms. The van der Waals surface area contributed by atoms with E-state index in [1.165, 1.54) is 16.3 Å². The van der Waals surface area contributed by atoms with E-state index in [1.54, 1.807) is 0 Å². The van der Waals surface area contributed by atoms with Crippen LogP contribution < -0.4 is 5.32 Å². The largest absolute Gasteiger partial charge is 0.314 e. The minimum absolute atomic E-state index is 0.623. The molecule has 1 aliphatic rings. The molecule has 0 saturated carbocycles. The molecular weight excluding hydrogens is 220 g/mol. The number of nitrogens with zero attached hydrogens (tertiary/aromatic N) is 1. The molecule has 0 unspecified atom stereocenters. The van der Waals surface area contributed by atoms with E-state index in [2.05, 4.69) is 59.6 Å². The van der Waals surface area contributed by atoms with Gasteiger partial charge in [-0.05, 0) is 23.3 Å². The van der Waals surface area contributed by atoms with Gasteiger partial charge in [-0.2, -0.15) is 0 Å². The fourth-order valence-corrected chi connectivity index (χ4v) is 2.77. The van der Waals surface area contributed by atoms with Gasteiger partial charge in [0.05, 0.1) is 0 Å². The van der Waals surface area contributed by atoms with Gasteiger partial charge in [-0.1, -0.05) is 42.5 Å². The number of hydrogen-bond acceptors (Lipinski definition) is 2. The van der Waals surface area contributed by atoms with Gasteiger partial charge in [0.15, 0.2) is 0 Å². The molecule has 1 N–H and O–H groups in total. The van der Waals surface area contributed by atoms with Gasteiger partial charge < -0.3 is 5.32 Å². The van der Waals surface area contributed by atoms with Crippen molar-refractivity contribution >= 4 is 10.8 Å². The van der Waals surface area contributed by atoms with Crippen molar-refractivity contribution in [3.8, 4) is 0 Å². The molecule has 1 aliphatic heterocycles. The Kier molecular flexibility index (Phi) is 3.31. The Morgan fingerprint density at radius 1 is 1.17 bits per heavy atom. The number of hydrogen-bond donors (Lipinski definition) is 1. The van der Waals surface area contributed by atoms with Crippen LogP contribution in [-0.2, 0) is 6.54 Å². The molecular formula is C16H20N2. The summed E-state index contributed by atoms with van der Waals surface area (Å²) in [6.07, 6.45) is 0. The van der Waals surface area contributed by atoms with Crippen molar-refractivity contribution < 1.29 is 0 Å². The molecule has 0 amide bonds. The Morgan fingerprint density at radius 2 is 2.00 bits per heavy atom. The highest BCUT2D eigenvalue weighted by atomic mass is 15.2. The van der Waals surface area contributed by atoms with Gasteiger partial charge in [-0.25, -0.2) is 0 Å². The Hall–Kier alpha value is -1.38. The Balaban J connectivity index is 1.90. The first-order chi connectivity index (χ1) is 8.84. The fourth-order valence-electron chi connectivity index (χ4n) is 2.77. The maximum Gasteiger partial charge on any atom is 0.0243 e. The molecule has 18 heavy (non-hydrogen) atoms. The van der Waals surface area contributed by atoms with Gasteiger partial charge in [0.1, 0.15) is 0 Å². The highest BCUT2D eigenvalue weighted by Crippen LogP contribution is 2.21. The molecule has 1 heterocycles. The number of piperazine rings is 1. The van der Waals surface area contributed by atoms with Crippen LogP contribution in [0.2, 0.25) is 0 Å². The van der Waals surface area contributed by atoms with Crippen LogP contribution in [0.5, 0.6) is 0 Å². The van der Waals surface area contributed by atoms with E-state index in [0.29, 0.717) is 6.04 Å². The number of nitrogens with one attached hydrogen (secondary N) is 1. The molecule has 0 radical (unpaired) electrons. The van der Waals surface area contributed by atoms with Crippen LogP contribution in [0, 0.1) is 0 Å². The standard InChI is InChI=1S/C16H20N2/c1-13-11-17-9-10-18(13)12-15-7-4-6-14-5-2-3-8-16(14)15/h2-8,13,17H,9-12H2,1H3/t13-/m0/s1. The monoisotopic (exact) mass is 240 g/mol. The van der Waals surface area contributed by atoms with Crippen LogP contribution >= 0.6 is 0 Å². The molecule has 2 nitrogen and oxygen atoms in total. The van der Waals surface area contributed by atoms with E-state index >= 15 is 0 Å². The van der Waals surface area contributed by atoms with Gasteiger partial charge in [0.2, 0.25) is 0 Å². The molecule has 1 saturated heterocycles. The zero-order valence-corrected chi connectivity index (χ0v) is 10.9. The lowest BCUT2D eigenvalue weighted by molar-refractivity contribution is 0.166. The molecule has 1 atom stereocenters. The van der Waals surface area contributed by atoms with E-state index < -0.39 is 0 Å². The predicted molar refractivity (Wildman–Crippen MR) is 76.7 cm³/mol. The quantitative estimate of drug-likeness (QED) is 0.868. The second-order valence-electron chi connectivity index (χ2n) is 5.16. The Labute approximate surface area is 109 Å². The first kappa shape index (κ1) is 11.7. The summed E-state index contributed by atoms with van der Waals surface area (Å²) in [6, 6.07) is 15.9. The third kappa shape index (κ3) is 2.26. The van der Waals surface area contributed by atoms with Crippen LogP contribution in [0.15, 0.2) is 42.5 Å². The molecule has 2 aromatic carbocycles. The van der Waals surface area contributed by atoms with E-state index in [-0.39, 0.29) is 0 Å². The predicted octanol–water partition coefficient (Wildman–Crippen LogP) is 2.63. The SMILES string of the molecule is C[C@H]1CNCCN1Cc1cccc2ccccc12. The van der Waals surface area contributed by atoms with E-state index in [1.807, 2.05) is 0 Å². The number of benzene rings is 2. The highest BCUT2D eigenvalue weighted by Gasteiger charge is 2.18. The number of rotatable bonds is 2. The van der Waals surface area contributed by atoms with Gasteiger partial charge in [-0.15, -0.1) is 0 Å². The van der Waals surface area contributed by atoms with Crippen molar-refractivity contribution in [3.05, 3.63) is 48.0 Å². The van der Waals surface area contributed by atoms with Crippen molar-refractivity contribution in [2.45, 2.75) is 19.5 Å². The average molecular weight is 240 g/mol. The van der Waals surface area contributed by atoms with Crippen LogP contribution in [-0.4, -0.2) is 30.6 Å². The molecule has 0 aromatic heterocycles. The Morgan fingerprint density at radius 3 is 2.89 bits per heavy atom. The summed E-state index contributed by atoms with van der Waals surface area (Å²) in [6.45, 7) is 6.71. The zero-order chi connectivity index (χ0) is 12.4. The van der Waals surface area contributed by atoms with Crippen LogP contribution in [0.3, 0.4) is 0 Å². The van der Waals surface area contributed by atoms with E-state index in [9.17, 15) is 0 Å². The molecule has 94 valence electrons.